The molecule has 1 aromatic heterocycles. The average molecular weight is 382 g/mol. The van der Waals surface area contributed by atoms with Crippen LogP contribution in [0.5, 0.6) is 0 Å². The second-order valence-electron chi connectivity index (χ2n) is 5.26. The van der Waals surface area contributed by atoms with Crippen molar-refractivity contribution < 1.29 is 18.0 Å². The lowest BCUT2D eigenvalue weighted by Crippen LogP contribution is -2.24. The highest BCUT2D eigenvalue weighted by Crippen LogP contribution is 2.29. The van der Waals surface area contributed by atoms with E-state index in [0.29, 0.717) is 5.02 Å². The van der Waals surface area contributed by atoms with Crippen molar-refractivity contribution in [2.75, 3.05) is 0 Å². The third-order valence-electron chi connectivity index (χ3n) is 3.41. The van der Waals surface area contributed by atoms with Crippen molar-refractivity contribution in [1.82, 2.24) is 25.5 Å². The highest BCUT2D eigenvalue weighted by atomic mass is 35.5. The number of carbonyl (C=O) groups is 1. The van der Waals surface area contributed by atoms with Gasteiger partial charge in [-0.3, -0.25) is 4.79 Å². The van der Waals surface area contributed by atoms with Crippen molar-refractivity contribution in [3.8, 4) is 5.69 Å². The lowest BCUT2D eigenvalue weighted by Gasteiger charge is -2.06. The van der Waals surface area contributed by atoms with Gasteiger partial charge in [0.25, 0.3) is 11.7 Å². The highest BCUT2D eigenvalue weighted by molar-refractivity contribution is 6.30. The first-order valence-electron chi connectivity index (χ1n) is 7.33. The van der Waals surface area contributed by atoms with Crippen LogP contribution in [0.15, 0.2) is 48.5 Å². The fourth-order valence-electron chi connectivity index (χ4n) is 2.06. The van der Waals surface area contributed by atoms with Crippen LogP contribution >= 0.6 is 11.6 Å². The lowest BCUT2D eigenvalue weighted by atomic mass is 10.2. The topological polar surface area (TPSA) is 72.7 Å². The zero-order chi connectivity index (χ0) is 18.7. The number of alkyl halides is 3. The van der Waals surface area contributed by atoms with Crippen molar-refractivity contribution in [2.24, 2.45) is 0 Å². The standard InChI is InChI=1S/C16H11ClF3N5O/c17-12-5-1-10(2-6-12)9-21-15(26)14-22-24-25(23-14)13-7-3-11(4-8-13)16(18,19)20/h1-8H,9H2,(H,21,26). The first-order valence-corrected chi connectivity index (χ1v) is 7.71. The second kappa shape index (κ2) is 7.12. The van der Waals surface area contributed by atoms with Crippen LogP contribution < -0.4 is 5.32 Å². The van der Waals surface area contributed by atoms with Gasteiger partial charge in [0.2, 0.25) is 0 Å². The molecule has 3 aromatic rings. The Morgan fingerprint density at radius 2 is 1.73 bits per heavy atom. The monoisotopic (exact) mass is 381 g/mol. The third-order valence-corrected chi connectivity index (χ3v) is 3.66. The Hall–Kier alpha value is -2.94. The first-order chi connectivity index (χ1) is 12.3. The van der Waals surface area contributed by atoms with E-state index in [-0.39, 0.29) is 18.1 Å². The second-order valence-corrected chi connectivity index (χ2v) is 5.69. The summed E-state index contributed by atoms with van der Waals surface area (Å²) < 4.78 is 37.7. The molecule has 0 aliphatic carbocycles. The summed E-state index contributed by atoms with van der Waals surface area (Å²) >= 11 is 5.79. The Bertz CT molecular complexity index is 907. The third kappa shape index (κ3) is 4.17. The molecule has 0 aliphatic rings. The molecule has 0 bridgehead atoms. The lowest BCUT2D eigenvalue weighted by molar-refractivity contribution is -0.137. The van der Waals surface area contributed by atoms with Crippen molar-refractivity contribution in [2.45, 2.75) is 12.7 Å². The van der Waals surface area contributed by atoms with Crippen LogP contribution in [0.3, 0.4) is 0 Å². The van der Waals surface area contributed by atoms with Gasteiger partial charge in [-0.2, -0.15) is 13.2 Å². The molecule has 0 radical (unpaired) electrons. The average Bonchev–Trinajstić information content (AvgIpc) is 3.10. The molecule has 0 atom stereocenters. The molecule has 0 saturated carbocycles. The number of hydrogen-bond acceptors (Lipinski definition) is 4. The van der Waals surface area contributed by atoms with E-state index in [0.717, 1.165) is 22.5 Å². The van der Waals surface area contributed by atoms with Gasteiger partial charge in [0.1, 0.15) is 0 Å². The van der Waals surface area contributed by atoms with Crippen LogP contribution in [0.25, 0.3) is 5.69 Å². The quantitative estimate of drug-likeness (QED) is 0.753. The largest absolute Gasteiger partial charge is 0.416 e. The molecule has 134 valence electrons. The summed E-state index contributed by atoms with van der Waals surface area (Å²) in [6.07, 6.45) is -4.43. The number of benzene rings is 2. The molecule has 0 saturated heterocycles. The minimum atomic E-state index is -4.43. The van der Waals surface area contributed by atoms with Gasteiger partial charge in [-0.15, -0.1) is 15.0 Å². The normalized spacial score (nSPS) is 11.4. The van der Waals surface area contributed by atoms with Gasteiger partial charge < -0.3 is 5.32 Å². The summed E-state index contributed by atoms with van der Waals surface area (Å²) in [6, 6.07) is 11.1. The number of amides is 1. The molecule has 10 heteroatoms. The molecular weight excluding hydrogens is 371 g/mol. The number of aromatic nitrogens is 4. The SMILES string of the molecule is O=C(NCc1ccc(Cl)cc1)c1nnn(-c2ccc(C(F)(F)F)cc2)n1. The number of halogens is 4. The van der Waals surface area contributed by atoms with Crippen molar-refractivity contribution in [3.05, 3.63) is 70.5 Å². The fourth-order valence-corrected chi connectivity index (χ4v) is 2.19. The number of carbonyl (C=O) groups excluding carboxylic acids is 1. The molecule has 0 unspecified atom stereocenters. The number of tetrazole rings is 1. The minimum absolute atomic E-state index is 0.195. The summed E-state index contributed by atoms with van der Waals surface area (Å²) in [7, 11) is 0. The van der Waals surface area contributed by atoms with E-state index in [1.807, 2.05) is 0 Å². The van der Waals surface area contributed by atoms with Gasteiger partial charge in [0.15, 0.2) is 0 Å². The zero-order valence-electron chi connectivity index (χ0n) is 13.0. The summed E-state index contributed by atoms with van der Waals surface area (Å²) in [5, 5.41) is 14.4. The molecule has 1 heterocycles. The molecule has 1 N–H and O–H groups in total. The van der Waals surface area contributed by atoms with E-state index < -0.39 is 17.6 Å². The van der Waals surface area contributed by atoms with E-state index in [1.165, 1.54) is 12.1 Å². The van der Waals surface area contributed by atoms with Crippen LogP contribution in [-0.2, 0) is 12.7 Å². The highest BCUT2D eigenvalue weighted by Gasteiger charge is 2.30. The zero-order valence-corrected chi connectivity index (χ0v) is 13.8. The fraction of sp³-hybridized carbons (Fsp3) is 0.125. The van der Waals surface area contributed by atoms with E-state index in [1.54, 1.807) is 24.3 Å². The van der Waals surface area contributed by atoms with E-state index in [9.17, 15) is 18.0 Å². The van der Waals surface area contributed by atoms with Crippen LogP contribution in [-0.4, -0.2) is 26.1 Å². The Labute approximate surface area is 150 Å². The van der Waals surface area contributed by atoms with Crippen LogP contribution in [0.2, 0.25) is 5.02 Å². The maximum Gasteiger partial charge on any atom is 0.416 e. The van der Waals surface area contributed by atoms with E-state index >= 15 is 0 Å². The number of nitrogens with one attached hydrogen (secondary N) is 1. The molecule has 2 aromatic carbocycles. The van der Waals surface area contributed by atoms with Gasteiger partial charge >= 0.3 is 6.18 Å². The van der Waals surface area contributed by atoms with Crippen molar-refractivity contribution in [3.63, 3.8) is 0 Å². The molecule has 0 aliphatic heterocycles. The van der Waals surface area contributed by atoms with Crippen LogP contribution in [0, 0.1) is 0 Å². The molecular formula is C16H11ClF3N5O. The maximum absolute atomic E-state index is 12.6. The van der Waals surface area contributed by atoms with Crippen LogP contribution in [0.1, 0.15) is 21.7 Å². The molecule has 3 rings (SSSR count). The van der Waals surface area contributed by atoms with Gasteiger partial charge in [0, 0.05) is 11.6 Å². The van der Waals surface area contributed by atoms with Crippen molar-refractivity contribution in [1.29, 1.82) is 0 Å². The van der Waals surface area contributed by atoms with Gasteiger partial charge in [-0.05, 0) is 47.2 Å². The van der Waals surface area contributed by atoms with Crippen LogP contribution in [0.4, 0.5) is 13.2 Å². The van der Waals surface area contributed by atoms with E-state index in [4.69, 9.17) is 11.6 Å². The maximum atomic E-state index is 12.6. The summed E-state index contributed by atoms with van der Waals surface area (Å²) in [6.45, 7) is 0.241. The predicted octanol–water partition coefficient (Wildman–Crippen LogP) is 3.26. The number of nitrogens with zero attached hydrogens (tertiary/aromatic N) is 4. The van der Waals surface area contributed by atoms with Gasteiger partial charge in [0.05, 0.1) is 11.3 Å². The Morgan fingerprint density at radius 1 is 1.08 bits per heavy atom. The molecule has 26 heavy (non-hydrogen) atoms. The first kappa shape index (κ1) is 17.9. The summed E-state index contributed by atoms with van der Waals surface area (Å²) in [4.78, 5) is 13.0. The summed E-state index contributed by atoms with van der Waals surface area (Å²) in [5.74, 6) is -0.753. The Kier molecular flexibility index (Phi) is 4.90. The van der Waals surface area contributed by atoms with E-state index in [2.05, 4.69) is 20.7 Å². The smallest absolute Gasteiger partial charge is 0.345 e. The number of hydrogen-bond donors (Lipinski definition) is 1. The van der Waals surface area contributed by atoms with Gasteiger partial charge in [-0.1, -0.05) is 23.7 Å². The molecule has 0 spiro atoms. The molecule has 6 nitrogen and oxygen atoms in total. The molecule has 1 amide bonds. The van der Waals surface area contributed by atoms with Crippen molar-refractivity contribution >= 4 is 17.5 Å². The Morgan fingerprint density at radius 3 is 2.35 bits per heavy atom. The minimum Gasteiger partial charge on any atom is -0.345 e. The molecule has 0 fully saturated rings. The summed E-state index contributed by atoms with van der Waals surface area (Å²) in [5.41, 5.74) is 0.294. The Balaban J connectivity index is 1.67. The van der Waals surface area contributed by atoms with Gasteiger partial charge in [-0.25, -0.2) is 0 Å². The predicted molar refractivity (Wildman–Crippen MR) is 86.8 cm³/mol. The number of rotatable bonds is 4.